The van der Waals surface area contributed by atoms with Gasteiger partial charge < -0.3 is 15.0 Å². The van der Waals surface area contributed by atoms with Crippen molar-refractivity contribution in [2.75, 3.05) is 23.4 Å². The van der Waals surface area contributed by atoms with Crippen LogP contribution in [0.3, 0.4) is 0 Å². The van der Waals surface area contributed by atoms with Crippen LogP contribution in [0.15, 0.2) is 40.9 Å². The van der Waals surface area contributed by atoms with Gasteiger partial charge in [-0.2, -0.15) is 0 Å². The average molecular weight is 480 g/mol. The number of halogens is 2. The van der Waals surface area contributed by atoms with Gasteiger partial charge in [0.1, 0.15) is 0 Å². The molecule has 152 valence electrons. The molecule has 2 amide bonds. The Hall–Kier alpha value is -2.38. The molecule has 0 unspecified atom stereocenters. The molecule has 2 aromatic rings. The van der Waals surface area contributed by atoms with Crippen molar-refractivity contribution in [3.63, 3.8) is 0 Å². The Kier molecular flexibility index (Phi) is 6.59. The maximum Gasteiger partial charge on any atom is 0.311 e. The number of esters is 1. The topological polar surface area (TPSA) is 75.7 Å². The van der Waals surface area contributed by atoms with Gasteiger partial charge in [-0.1, -0.05) is 23.7 Å². The van der Waals surface area contributed by atoms with Gasteiger partial charge in [-0.05, 0) is 65.2 Å². The molecule has 1 aliphatic rings. The lowest BCUT2D eigenvalue weighted by atomic mass is 10.1. The third-order valence-electron chi connectivity index (χ3n) is 4.66. The fourth-order valence-electron chi connectivity index (χ4n) is 3.13. The van der Waals surface area contributed by atoms with Gasteiger partial charge >= 0.3 is 5.97 Å². The van der Waals surface area contributed by atoms with Crippen molar-refractivity contribution < 1.29 is 19.1 Å². The van der Waals surface area contributed by atoms with Crippen molar-refractivity contribution in [1.82, 2.24) is 0 Å². The molecular formula is C21H20BrClN2O4. The van der Waals surface area contributed by atoms with E-state index in [0.717, 1.165) is 16.8 Å². The molecule has 1 atom stereocenters. The quantitative estimate of drug-likeness (QED) is 0.651. The Labute approximate surface area is 182 Å². The number of hydrogen-bond acceptors (Lipinski definition) is 4. The molecule has 1 N–H and O–H groups in total. The smallest absolute Gasteiger partial charge is 0.311 e. The summed E-state index contributed by atoms with van der Waals surface area (Å²) in [6.07, 6.45) is 0.0656. The zero-order valence-electron chi connectivity index (χ0n) is 16.0. The molecule has 1 saturated heterocycles. The van der Waals surface area contributed by atoms with Crippen LogP contribution >= 0.6 is 27.5 Å². The highest BCUT2D eigenvalue weighted by Gasteiger charge is 2.36. The van der Waals surface area contributed by atoms with Crippen LogP contribution in [0.5, 0.6) is 0 Å². The number of hydrogen-bond donors (Lipinski definition) is 1. The number of carbonyl (C=O) groups excluding carboxylic acids is 3. The summed E-state index contributed by atoms with van der Waals surface area (Å²) in [4.78, 5) is 38.4. The van der Waals surface area contributed by atoms with Crippen LogP contribution in [-0.4, -0.2) is 30.9 Å². The van der Waals surface area contributed by atoms with E-state index in [1.807, 2.05) is 32.0 Å². The van der Waals surface area contributed by atoms with Gasteiger partial charge in [-0.25, -0.2) is 0 Å². The van der Waals surface area contributed by atoms with Gasteiger partial charge in [0.05, 0.1) is 10.9 Å². The molecule has 0 radical (unpaired) electrons. The van der Waals surface area contributed by atoms with Crippen molar-refractivity contribution in [3.8, 4) is 0 Å². The molecule has 1 aliphatic heterocycles. The molecular weight excluding hydrogens is 460 g/mol. The lowest BCUT2D eigenvalue weighted by molar-refractivity contribution is -0.151. The third kappa shape index (κ3) is 5.16. The number of nitrogens with zero attached hydrogens (tertiary/aromatic N) is 1. The first kappa shape index (κ1) is 21.3. The van der Waals surface area contributed by atoms with Crippen LogP contribution in [-0.2, 0) is 19.1 Å². The van der Waals surface area contributed by atoms with Crippen LogP contribution in [0.1, 0.15) is 17.5 Å². The zero-order valence-corrected chi connectivity index (χ0v) is 18.3. The number of benzene rings is 2. The summed E-state index contributed by atoms with van der Waals surface area (Å²) in [6.45, 7) is 3.69. The largest absolute Gasteiger partial charge is 0.455 e. The first-order chi connectivity index (χ1) is 13.7. The lowest BCUT2D eigenvalue weighted by Gasteiger charge is -2.19. The Morgan fingerprint density at radius 3 is 2.72 bits per heavy atom. The Morgan fingerprint density at radius 1 is 1.24 bits per heavy atom. The van der Waals surface area contributed by atoms with E-state index in [-0.39, 0.29) is 18.9 Å². The zero-order chi connectivity index (χ0) is 21.1. The van der Waals surface area contributed by atoms with Crippen molar-refractivity contribution in [2.45, 2.75) is 20.3 Å². The highest BCUT2D eigenvalue weighted by molar-refractivity contribution is 9.10. The summed E-state index contributed by atoms with van der Waals surface area (Å²) in [6, 6.07) is 10.8. The molecule has 8 heteroatoms. The summed E-state index contributed by atoms with van der Waals surface area (Å²) in [5.74, 6) is -1.77. The molecule has 0 spiro atoms. The van der Waals surface area contributed by atoms with Gasteiger partial charge in [0.15, 0.2) is 6.61 Å². The summed E-state index contributed by atoms with van der Waals surface area (Å²) < 4.78 is 5.84. The molecule has 3 rings (SSSR count). The lowest BCUT2D eigenvalue weighted by Crippen LogP contribution is -2.28. The molecule has 0 aliphatic carbocycles. The van der Waals surface area contributed by atoms with Crippen LogP contribution in [0, 0.1) is 19.8 Å². The summed E-state index contributed by atoms with van der Waals surface area (Å²) in [7, 11) is 0. The summed E-state index contributed by atoms with van der Waals surface area (Å²) in [5.41, 5.74) is 3.30. The number of ether oxygens (including phenoxy) is 1. The predicted octanol–water partition coefficient (Wildman–Crippen LogP) is 4.25. The molecule has 29 heavy (non-hydrogen) atoms. The average Bonchev–Trinajstić information content (AvgIpc) is 3.06. The van der Waals surface area contributed by atoms with E-state index in [4.69, 9.17) is 16.3 Å². The fourth-order valence-corrected chi connectivity index (χ4v) is 3.56. The second-order valence-corrected chi connectivity index (χ2v) is 8.24. The second-order valence-electron chi connectivity index (χ2n) is 6.98. The van der Waals surface area contributed by atoms with E-state index < -0.39 is 24.4 Å². The van der Waals surface area contributed by atoms with Gasteiger partial charge in [0.2, 0.25) is 5.91 Å². The SMILES string of the molecule is Cc1ccc(C)c(N2C[C@H](C(=O)OCC(=O)Nc3ccc(Br)c(Cl)c3)CC2=O)c1. The number of rotatable bonds is 5. The highest BCUT2D eigenvalue weighted by atomic mass is 79.9. The van der Waals surface area contributed by atoms with E-state index in [1.54, 1.807) is 23.1 Å². The number of carbonyl (C=O) groups is 3. The van der Waals surface area contributed by atoms with E-state index in [0.29, 0.717) is 15.2 Å². The number of aryl methyl sites for hydroxylation is 2. The van der Waals surface area contributed by atoms with E-state index in [1.165, 1.54) is 0 Å². The van der Waals surface area contributed by atoms with Gasteiger partial charge in [0, 0.05) is 28.8 Å². The predicted molar refractivity (Wildman–Crippen MR) is 115 cm³/mol. The van der Waals surface area contributed by atoms with Crippen LogP contribution in [0.25, 0.3) is 0 Å². The standard InChI is InChI=1S/C21H20BrClN2O4/c1-12-3-4-13(2)18(7-12)25-10-14(8-20(25)27)21(28)29-11-19(26)24-15-5-6-16(22)17(23)9-15/h3-7,9,14H,8,10-11H2,1-2H3,(H,24,26)/t14-/m1/s1. The second kappa shape index (κ2) is 8.97. The fraction of sp³-hybridized carbons (Fsp3) is 0.286. The van der Waals surface area contributed by atoms with Crippen molar-refractivity contribution in [1.29, 1.82) is 0 Å². The molecule has 2 aromatic carbocycles. The summed E-state index contributed by atoms with van der Waals surface area (Å²) >= 11 is 9.26. The number of nitrogens with one attached hydrogen (secondary N) is 1. The van der Waals surface area contributed by atoms with Crippen molar-refractivity contribution in [3.05, 3.63) is 57.0 Å². The van der Waals surface area contributed by atoms with Gasteiger partial charge in [-0.15, -0.1) is 0 Å². The summed E-state index contributed by atoms with van der Waals surface area (Å²) in [5, 5.41) is 3.07. The minimum Gasteiger partial charge on any atom is -0.455 e. The minimum atomic E-state index is -0.600. The molecule has 1 fully saturated rings. The minimum absolute atomic E-state index is 0.0656. The molecule has 0 bridgehead atoms. The van der Waals surface area contributed by atoms with Gasteiger partial charge in [0.25, 0.3) is 5.91 Å². The van der Waals surface area contributed by atoms with Crippen LogP contribution < -0.4 is 10.2 Å². The first-order valence-electron chi connectivity index (χ1n) is 9.03. The Bertz CT molecular complexity index is 979. The molecule has 6 nitrogen and oxygen atoms in total. The van der Waals surface area contributed by atoms with E-state index >= 15 is 0 Å². The third-order valence-corrected chi connectivity index (χ3v) is 5.90. The van der Waals surface area contributed by atoms with Gasteiger partial charge in [-0.3, -0.25) is 14.4 Å². The number of anilines is 2. The normalized spacial score (nSPS) is 16.1. The maximum atomic E-state index is 12.4. The first-order valence-corrected chi connectivity index (χ1v) is 10.2. The maximum absolute atomic E-state index is 12.4. The van der Waals surface area contributed by atoms with Crippen molar-refractivity contribution in [2.24, 2.45) is 5.92 Å². The Morgan fingerprint density at radius 2 is 2.00 bits per heavy atom. The molecule has 0 saturated carbocycles. The van der Waals surface area contributed by atoms with E-state index in [9.17, 15) is 14.4 Å². The molecule has 1 heterocycles. The van der Waals surface area contributed by atoms with Crippen LogP contribution in [0.2, 0.25) is 5.02 Å². The monoisotopic (exact) mass is 478 g/mol. The Balaban J connectivity index is 1.56. The van der Waals surface area contributed by atoms with Crippen molar-refractivity contribution >= 4 is 56.7 Å². The molecule has 0 aromatic heterocycles. The number of amides is 2. The van der Waals surface area contributed by atoms with Crippen LogP contribution in [0.4, 0.5) is 11.4 Å². The highest BCUT2D eigenvalue weighted by Crippen LogP contribution is 2.29. The van der Waals surface area contributed by atoms with E-state index in [2.05, 4.69) is 21.2 Å².